The number of benzene rings is 2. The minimum absolute atomic E-state index is 0.120. The first kappa shape index (κ1) is 21.4. The highest BCUT2D eigenvalue weighted by molar-refractivity contribution is 5.73. The lowest BCUT2D eigenvalue weighted by Crippen LogP contribution is -2.39. The molecule has 0 aliphatic heterocycles. The van der Waals surface area contributed by atoms with Crippen molar-refractivity contribution >= 4 is 6.03 Å². The highest BCUT2D eigenvalue weighted by Gasteiger charge is 2.12. The average Bonchev–Trinajstić information content (AvgIpc) is 2.69. The molecule has 0 radical (unpaired) electrons. The second kappa shape index (κ2) is 10.4. The van der Waals surface area contributed by atoms with Gasteiger partial charge in [0.05, 0.1) is 20.2 Å². The lowest BCUT2D eigenvalue weighted by Gasteiger charge is -2.19. The van der Waals surface area contributed by atoms with Gasteiger partial charge >= 0.3 is 6.03 Å². The number of methoxy groups -OCH3 is 1. The van der Waals surface area contributed by atoms with Gasteiger partial charge in [0.15, 0.2) is 0 Å². The van der Waals surface area contributed by atoms with Gasteiger partial charge in [-0.3, -0.25) is 0 Å². The molecule has 0 unspecified atom stereocenters. The van der Waals surface area contributed by atoms with Gasteiger partial charge in [-0.2, -0.15) is 0 Å². The van der Waals surface area contributed by atoms with Crippen molar-refractivity contribution < 1.29 is 19.0 Å². The van der Waals surface area contributed by atoms with Crippen LogP contribution in [0.25, 0.3) is 0 Å². The van der Waals surface area contributed by atoms with Crippen molar-refractivity contribution in [3.63, 3.8) is 0 Å². The maximum Gasteiger partial charge on any atom is 0.315 e. The van der Waals surface area contributed by atoms with E-state index < -0.39 is 0 Å². The third kappa shape index (κ3) is 7.39. The number of hydrogen-bond donors (Lipinski definition) is 2. The van der Waals surface area contributed by atoms with E-state index in [1.807, 2.05) is 36.4 Å². The fraction of sp³-hybridized carbons (Fsp3) is 0.409. The third-order valence-corrected chi connectivity index (χ3v) is 4.09. The van der Waals surface area contributed by atoms with Crippen molar-refractivity contribution in [2.24, 2.45) is 0 Å². The largest absolute Gasteiger partial charge is 0.497 e. The quantitative estimate of drug-likeness (QED) is 0.644. The van der Waals surface area contributed by atoms with Crippen molar-refractivity contribution in [1.82, 2.24) is 10.6 Å². The Kier molecular flexibility index (Phi) is 7.99. The Morgan fingerprint density at radius 2 is 1.21 bits per heavy atom. The van der Waals surface area contributed by atoms with Crippen molar-refractivity contribution in [3.8, 4) is 17.2 Å². The highest BCUT2D eigenvalue weighted by Crippen LogP contribution is 2.24. The molecule has 0 atom stereocenters. The molecule has 2 rings (SSSR count). The van der Waals surface area contributed by atoms with E-state index in [0.29, 0.717) is 26.3 Å². The lowest BCUT2D eigenvalue weighted by atomic mass is 9.87. The molecule has 28 heavy (non-hydrogen) atoms. The van der Waals surface area contributed by atoms with Crippen LogP contribution in [0.2, 0.25) is 0 Å². The summed E-state index contributed by atoms with van der Waals surface area (Å²) >= 11 is 0. The fourth-order valence-corrected chi connectivity index (χ4v) is 2.45. The van der Waals surface area contributed by atoms with Gasteiger partial charge in [0.1, 0.15) is 30.5 Å². The first-order chi connectivity index (χ1) is 13.4. The summed E-state index contributed by atoms with van der Waals surface area (Å²) in [5.41, 5.74) is 1.38. The first-order valence-electron chi connectivity index (χ1n) is 9.40. The minimum atomic E-state index is -0.245. The number of urea groups is 1. The van der Waals surface area contributed by atoms with E-state index in [-0.39, 0.29) is 11.4 Å². The van der Waals surface area contributed by atoms with Crippen LogP contribution >= 0.6 is 0 Å². The van der Waals surface area contributed by atoms with Gasteiger partial charge in [0, 0.05) is 0 Å². The van der Waals surface area contributed by atoms with E-state index in [0.717, 1.165) is 17.2 Å². The Bertz CT molecular complexity index is 722. The summed E-state index contributed by atoms with van der Waals surface area (Å²) in [7, 11) is 1.62. The highest BCUT2D eigenvalue weighted by atomic mass is 16.5. The van der Waals surface area contributed by atoms with Gasteiger partial charge in [-0.05, 0) is 47.4 Å². The molecule has 0 saturated heterocycles. The molecular weight excluding hydrogens is 356 g/mol. The van der Waals surface area contributed by atoms with Gasteiger partial charge < -0.3 is 24.8 Å². The van der Waals surface area contributed by atoms with E-state index >= 15 is 0 Å². The molecule has 0 saturated carbocycles. The van der Waals surface area contributed by atoms with E-state index in [1.165, 1.54) is 5.56 Å². The molecular formula is C22H30N2O4. The van der Waals surface area contributed by atoms with Crippen LogP contribution in [0.4, 0.5) is 4.79 Å². The molecule has 2 amide bonds. The van der Waals surface area contributed by atoms with Crippen LogP contribution in [0.5, 0.6) is 17.2 Å². The Morgan fingerprint density at radius 1 is 0.786 bits per heavy atom. The van der Waals surface area contributed by atoms with Gasteiger partial charge in [0.25, 0.3) is 0 Å². The van der Waals surface area contributed by atoms with Crippen LogP contribution in [0.3, 0.4) is 0 Å². The maximum atomic E-state index is 11.8. The molecule has 2 N–H and O–H groups in total. The molecule has 6 heteroatoms. The molecule has 0 aliphatic rings. The second-order valence-corrected chi connectivity index (χ2v) is 7.33. The van der Waals surface area contributed by atoms with Gasteiger partial charge in [-0.15, -0.1) is 0 Å². The Balaban J connectivity index is 1.56. The summed E-state index contributed by atoms with van der Waals surface area (Å²) in [6.07, 6.45) is 0. The van der Waals surface area contributed by atoms with Crippen molar-refractivity contribution in [3.05, 3.63) is 54.1 Å². The molecule has 0 heterocycles. The van der Waals surface area contributed by atoms with Crippen molar-refractivity contribution in [2.45, 2.75) is 26.2 Å². The van der Waals surface area contributed by atoms with Crippen LogP contribution in [0, 0.1) is 0 Å². The molecule has 152 valence electrons. The molecule has 0 aromatic heterocycles. The molecule has 0 spiro atoms. The summed E-state index contributed by atoms with van der Waals surface area (Å²) < 4.78 is 16.3. The van der Waals surface area contributed by atoms with Crippen LogP contribution in [0.15, 0.2) is 48.5 Å². The predicted molar refractivity (Wildman–Crippen MR) is 111 cm³/mol. The zero-order chi connectivity index (χ0) is 20.4. The molecule has 2 aromatic rings. The summed E-state index contributed by atoms with van der Waals surface area (Å²) in [6, 6.07) is 15.1. The number of ether oxygens (including phenoxy) is 3. The van der Waals surface area contributed by atoms with Gasteiger partial charge in [0.2, 0.25) is 0 Å². The van der Waals surface area contributed by atoms with Gasteiger partial charge in [-0.25, -0.2) is 4.79 Å². The predicted octanol–water partition coefficient (Wildman–Crippen LogP) is 3.75. The Labute approximate surface area is 167 Å². The van der Waals surface area contributed by atoms with Crippen LogP contribution in [0.1, 0.15) is 26.3 Å². The van der Waals surface area contributed by atoms with Crippen molar-refractivity contribution in [1.29, 1.82) is 0 Å². The SMILES string of the molecule is COc1ccc(OCCNC(=O)NCCOc2ccc(C(C)(C)C)cc2)cc1. The number of rotatable bonds is 9. The number of carbonyl (C=O) groups is 1. The number of carbonyl (C=O) groups excluding carboxylic acids is 1. The van der Waals surface area contributed by atoms with E-state index in [1.54, 1.807) is 7.11 Å². The van der Waals surface area contributed by atoms with E-state index in [4.69, 9.17) is 14.2 Å². The monoisotopic (exact) mass is 386 g/mol. The number of nitrogens with one attached hydrogen (secondary N) is 2. The normalized spacial score (nSPS) is 10.9. The van der Waals surface area contributed by atoms with Crippen LogP contribution < -0.4 is 24.8 Å². The van der Waals surface area contributed by atoms with Gasteiger partial charge in [-0.1, -0.05) is 32.9 Å². The molecule has 0 bridgehead atoms. The van der Waals surface area contributed by atoms with E-state index in [2.05, 4.69) is 43.5 Å². The smallest absolute Gasteiger partial charge is 0.315 e. The zero-order valence-electron chi connectivity index (χ0n) is 17.1. The first-order valence-corrected chi connectivity index (χ1v) is 9.40. The lowest BCUT2D eigenvalue weighted by molar-refractivity contribution is 0.232. The summed E-state index contributed by atoms with van der Waals surface area (Å²) in [4.78, 5) is 11.8. The van der Waals surface area contributed by atoms with Crippen LogP contribution in [-0.2, 0) is 5.41 Å². The maximum absolute atomic E-state index is 11.8. The molecule has 0 aliphatic carbocycles. The Morgan fingerprint density at radius 3 is 1.64 bits per heavy atom. The number of hydrogen-bond acceptors (Lipinski definition) is 4. The second-order valence-electron chi connectivity index (χ2n) is 7.33. The molecule has 6 nitrogen and oxygen atoms in total. The summed E-state index contributed by atoms with van der Waals surface area (Å²) in [6.45, 7) is 8.15. The standard InChI is InChI=1S/C22H30N2O4/c1-22(2,3)17-5-7-19(8-6-17)27-15-13-23-21(25)24-14-16-28-20-11-9-18(26-4)10-12-20/h5-12H,13-16H2,1-4H3,(H2,23,24,25). The zero-order valence-corrected chi connectivity index (χ0v) is 17.1. The molecule has 0 fully saturated rings. The molecule has 2 aromatic carbocycles. The number of amides is 2. The van der Waals surface area contributed by atoms with Crippen LogP contribution in [-0.4, -0.2) is 39.4 Å². The van der Waals surface area contributed by atoms with Crippen molar-refractivity contribution in [2.75, 3.05) is 33.4 Å². The summed E-state index contributed by atoms with van der Waals surface area (Å²) in [5, 5.41) is 5.50. The van der Waals surface area contributed by atoms with E-state index in [9.17, 15) is 4.79 Å². The third-order valence-electron chi connectivity index (χ3n) is 4.09. The summed E-state index contributed by atoms with van der Waals surface area (Å²) in [5.74, 6) is 2.30. The average molecular weight is 386 g/mol. The fourth-order valence-electron chi connectivity index (χ4n) is 2.45. The Hall–Kier alpha value is -2.89. The topological polar surface area (TPSA) is 68.8 Å². The minimum Gasteiger partial charge on any atom is -0.497 e.